The van der Waals surface area contributed by atoms with Crippen molar-refractivity contribution >= 4 is 11.9 Å². The van der Waals surface area contributed by atoms with Gasteiger partial charge < -0.3 is 19.2 Å². The predicted molar refractivity (Wildman–Crippen MR) is 65.8 cm³/mol. The minimum atomic E-state index is -0.854. The normalized spacial score (nSPS) is 16.5. The topological polar surface area (TPSA) is 80.0 Å². The Morgan fingerprint density at radius 3 is 2.74 bits per heavy atom. The number of carboxylic acid groups (broad SMARTS) is 1. The number of amides is 1. The van der Waals surface area contributed by atoms with Crippen molar-refractivity contribution < 1.29 is 23.8 Å². The number of rotatable bonds is 5. The molecule has 0 saturated carbocycles. The highest BCUT2D eigenvalue weighted by molar-refractivity contribution is 5.93. The number of furan rings is 1. The number of hydrogen-bond donors (Lipinski definition) is 1. The third kappa shape index (κ3) is 3.82. The first-order valence-electron chi connectivity index (χ1n) is 6.31. The first-order chi connectivity index (χ1) is 9.16. The van der Waals surface area contributed by atoms with Gasteiger partial charge >= 0.3 is 5.97 Å². The van der Waals surface area contributed by atoms with Crippen molar-refractivity contribution in [2.45, 2.75) is 25.4 Å². The number of likely N-dealkylation sites (tertiary alicyclic amines) is 1. The number of carbonyl (C=O) groups excluding carboxylic acids is 1. The van der Waals surface area contributed by atoms with E-state index in [4.69, 9.17) is 14.3 Å². The SMILES string of the molecule is O=C(O)CCOC1CCN(C(=O)c2ccoc2)CC1. The highest BCUT2D eigenvalue weighted by Gasteiger charge is 2.24. The van der Waals surface area contributed by atoms with Crippen LogP contribution >= 0.6 is 0 Å². The van der Waals surface area contributed by atoms with Crippen molar-refractivity contribution in [3.8, 4) is 0 Å². The molecule has 1 aliphatic heterocycles. The molecular formula is C13H17NO5. The molecule has 2 heterocycles. The van der Waals surface area contributed by atoms with Crippen molar-refractivity contribution in [3.63, 3.8) is 0 Å². The molecule has 0 aliphatic carbocycles. The summed E-state index contributed by atoms with van der Waals surface area (Å²) in [5.41, 5.74) is 0.560. The first-order valence-corrected chi connectivity index (χ1v) is 6.31. The summed E-state index contributed by atoms with van der Waals surface area (Å²) in [6.07, 6.45) is 4.47. The molecule has 1 N–H and O–H groups in total. The van der Waals surface area contributed by atoms with Gasteiger partial charge in [0.15, 0.2) is 0 Å². The number of aliphatic carboxylic acids is 1. The number of nitrogens with zero attached hydrogens (tertiary/aromatic N) is 1. The Labute approximate surface area is 110 Å². The monoisotopic (exact) mass is 267 g/mol. The van der Waals surface area contributed by atoms with Crippen LogP contribution in [0.1, 0.15) is 29.6 Å². The lowest BCUT2D eigenvalue weighted by Crippen LogP contribution is -2.40. The predicted octanol–water partition coefficient (Wildman–Crippen LogP) is 1.38. The molecule has 0 unspecified atom stereocenters. The number of ether oxygens (including phenoxy) is 1. The summed E-state index contributed by atoms with van der Waals surface area (Å²) in [5.74, 6) is -0.884. The Bertz CT molecular complexity index is 420. The Kier molecular flexibility index (Phi) is 4.57. The molecule has 1 aromatic heterocycles. The molecule has 1 amide bonds. The standard InChI is InChI=1S/C13H17NO5/c15-12(16)4-8-19-11-1-5-14(6-2-11)13(17)10-3-7-18-9-10/h3,7,9,11H,1-2,4-6,8H2,(H,15,16). The van der Waals surface area contributed by atoms with Crippen LogP contribution in [0, 0.1) is 0 Å². The van der Waals surface area contributed by atoms with E-state index in [1.807, 2.05) is 0 Å². The van der Waals surface area contributed by atoms with Crippen LogP contribution in [-0.4, -0.2) is 47.7 Å². The minimum Gasteiger partial charge on any atom is -0.481 e. The van der Waals surface area contributed by atoms with Crippen LogP contribution in [0.5, 0.6) is 0 Å². The van der Waals surface area contributed by atoms with Gasteiger partial charge in [-0.25, -0.2) is 0 Å². The summed E-state index contributed by atoms with van der Waals surface area (Å²) in [6, 6.07) is 1.65. The van der Waals surface area contributed by atoms with Gasteiger partial charge in [0.2, 0.25) is 0 Å². The lowest BCUT2D eigenvalue weighted by atomic mass is 10.1. The fourth-order valence-electron chi connectivity index (χ4n) is 2.11. The summed E-state index contributed by atoms with van der Waals surface area (Å²) in [7, 11) is 0. The fraction of sp³-hybridized carbons (Fsp3) is 0.538. The van der Waals surface area contributed by atoms with Crippen molar-refractivity contribution in [1.82, 2.24) is 4.90 Å². The maximum atomic E-state index is 12.0. The number of hydrogen-bond acceptors (Lipinski definition) is 4. The van der Waals surface area contributed by atoms with E-state index >= 15 is 0 Å². The van der Waals surface area contributed by atoms with Crippen molar-refractivity contribution in [2.75, 3.05) is 19.7 Å². The molecule has 0 radical (unpaired) electrons. The lowest BCUT2D eigenvalue weighted by molar-refractivity contribution is -0.138. The second-order valence-corrected chi connectivity index (χ2v) is 4.52. The Hall–Kier alpha value is -1.82. The van der Waals surface area contributed by atoms with E-state index in [0.717, 1.165) is 12.8 Å². The molecule has 1 aromatic rings. The van der Waals surface area contributed by atoms with Crippen molar-refractivity contribution in [1.29, 1.82) is 0 Å². The number of carboxylic acids is 1. The summed E-state index contributed by atoms with van der Waals surface area (Å²) >= 11 is 0. The molecule has 2 rings (SSSR count). The van der Waals surface area contributed by atoms with E-state index in [0.29, 0.717) is 18.7 Å². The summed E-state index contributed by atoms with van der Waals surface area (Å²) in [5, 5.41) is 8.52. The van der Waals surface area contributed by atoms with E-state index in [1.165, 1.54) is 12.5 Å². The van der Waals surface area contributed by atoms with Gasteiger partial charge in [-0.3, -0.25) is 9.59 Å². The average molecular weight is 267 g/mol. The van der Waals surface area contributed by atoms with Crippen LogP contribution in [-0.2, 0) is 9.53 Å². The number of piperidine rings is 1. The molecule has 0 atom stereocenters. The van der Waals surface area contributed by atoms with Crippen LogP contribution in [0.4, 0.5) is 0 Å². The molecule has 6 heteroatoms. The smallest absolute Gasteiger partial charge is 0.305 e. The molecular weight excluding hydrogens is 250 g/mol. The van der Waals surface area contributed by atoms with Gasteiger partial charge in [-0.05, 0) is 18.9 Å². The van der Waals surface area contributed by atoms with Crippen LogP contribution < -0.4 is 0 Å². The molecule has 19 heavy (non-hydrogen) atoms. The van der Waals surface area contributed by atoms with Crippen LogP contribution in [0.3, 0.4) is 0 Å². The largest absolute Gasteiger partial charge is 0.481 e. The average Bonchev–Trinajstić information content (AvgIpc) is 2.92. The molecule has 1 saturated heterocycles. The molecule has 104 valence electrons. The fourth-order valence-corrected chi connectivity index (χ4v) is 2.11. The Morgan fingerprint density at radius 1 is 1.42 bits per heavy atom. The molecule has 1 fully saturated rings. The van der Waals surface area contributed by atoms with Gasteiger partial charge in [0, 0.05) is 13.1 Å². The third-order valence-corrected chi connectivity index (χ3v) is 3.17. The maximum Gasteiger partial charge on any atom is 0.305 e. The zero-order valence-electron chi connectivity index (χ0n) is 10.6. The van der Waals surface area contributed by atoms with Gasteiger partial charge in [-0.1, -0.05) is 0 Å². The van der Waals surface area contributed by atoms with Crippen molar-refractivity contribution in [3.05, 3.63) is 24.2 Å². The van der Waals surface area contributed by atoms with E-state index in [2.05, 4.69) is 0 Å². The van der Waals surface area contributed by atoms with Crippen molar-refractivity contribution in [2.24, 2.45) is 0 Å². The summed E-state index contributed by atoms with van der Waals surface area (Å²) < 4.78 is 10.4. The molecule has 0 spiro atoms. The molecule has 0 aromatic carbocycles. The molecule has 6 nitrogen and oxygen atoms in total. The third-order valence-electron chi connectivity index (χ3n) is 3.17. The Morgan fingerprint density at radius 2 is 2.16 bits per heavy atom. The highest BCUT2D eigenvalue weighted by Crippen LogP contribution is 2.16. The van der Waals surface area contributed by atoms with E-state index in [-0.39, 0.29) is 25.0 Å². The first kappa shape index (κ1) is 13.6. The summed E-state index contributed by atoms with van der Waals surface area (Å²) in [4.78, 5) is 24.2. The van der Waals surface area contributed by atoms with Gasteiger partial charge in [0.05, 0.1) is 31.0 Å². The number of carbonyl (C=O) groups is 2. The Balaban J connectivity index is 1.73. The lowest BCUT2D eigenvalue weighted by Gasteiger charge is -2.31. The molecule has 0 bridgehead atoms. The zero-order chi connectivity index (χ0) is 13.7. The van der Waals surface area contributed by atoms with Crippen LogP contribution in [0.15, 0.2) is 23.0 Å². The molecule has 1 aliphatic rings. The summed E-state index contributed by atoms with van der Waals surface area (Å²) in [6.45, 7) is 1.49. The zero-order valence-corrected chi connectivity index (χ0v) is 10.6. The van der Waals surface area contributed by atoms with Gasteiger partial charge in [0.25, 0.3) is 5.91 Å². The minimum absolute atomic E-state index is 0.0220. The highest BCUT2D eigenvalue weighted by atomic mass is 16.5. The van der Waals surface area contributed by atoms with E-state index < -0.39 is 5.97 Å². The van der Waals surface area contributed by atoms with Crippen LogP contribution in [0.25, 0.3) is 0 Å². The van der Waals surface area contributed by atoms with E-state index in [1.54, 1.807) is 11.0 Å². The maximum absolute atomic E-state index is 12.0. The second-order valence-electron chi connectivity index (χ2n) is 4.52. The van der Waals surface area contributed by atoms with Gasteiger partial charge in [-0.2, -0.15) is 0 Å². The quantitative estimate of drug-likeness (QED) is 0.871. The van der Waals surface area contributed by atoms with Gasteiger partial charge in [-0.15, -0.1) is 0 Å². The second kappa shape index (κ2) is 6.38. The van der Waals surface area contributed by atoms with Gasteiger partial charge in [0.1, 0.15) is 6.26 Å². The van der Waals surface area contributed by atoms with Crippen LogP contribution in [0.2, 0.25) is 0 Å². The van der Waals surface area contributed by atoms with E-state index in [9.17, 15) is 9.59 Å².